The van der Waals surface area contributed by atoms with Crippen LogP contribution in [0.5, 0.6) is 0 Å². The van der Waals surface area contributed by atoms with Crippen LogP contribution in [0.2, 0.25) is 0 Å². The van der Waals surface area contributed by atoms with Gasteiger partial charge in [0.2, 0.25) is 5.89 Å². The molecule has 0 saturated heterocycles. The Morgan fingerprint density at radius 1 is 1.26 bits per heavy atom. The van der Waals surface area contributed by atoms with E-state index < -0.39 is 0 Å². The lowest BCUT2D eigenvalue weighted by molar-refractivity contribution is 0.364. The Hall–Kier alpha value is -2.14. The van der Waals surface area contributed by atoms with Gasteiger partial charge in [-0.25, -0.2) is 0 Å². The van der Waals surface area contributed by atoms with Gasteiger partial charge in [-0.3, -0.25) is 0 Å². The summed E-state index contributed by atoms with van der Waals surface area (Å²) in [6.45, 7) is 3.19. The summed E-state index contributed by atoms with van der Waals surface area (Å²) >= 11 is 0. The Bertz CT molecular complexity index is 698. The number of hydrogen-bond donors (Lipinski definition) is 1. The maximum atomic E-state index is 5.07. The minimum atomic E-state index is 0.587. The van der Waals surface area contributed by atoms with E-state index in [1.807, 2.05) is 6.92 Å². The molecule has 98 valence electrons. The second-order valence-electron chi connectivity index (χ2n) is 4.62. The minimum Gasteiger partial charge on any atom is -0.350 e. The van der Waals surface area contributed by atoms with Gasteiger partial charge in [0.05, 0.1) is 6.54 Å². The molecule has 0 saturated carbocycles. The van der Waals surface area contributed by atoms with Gasteiger partial charge in [-0.15, -0.1) is 0 Å². The number of nitrogens with one attached hydrogen (secondary N) is 1. The molecule has 0 atom stereocenters. The fourth-order valence-electron chi connectivity index (χ4n) is 2.28. The van der Waals surface area contributed by atoms with Crippen LogP contribution in [0.4, 0.5) is 0 Å². The van der Waals surface area contributed by atoms with Gasteiger partial charge in [-0.1, -0.05) is 23.4 Å². The van der Waals surface area contributed by atoms with Crippen molar-refractivity contribution in [3.05, 3.63) is 47.7 Å². The normalized spacial score (nSPS) is 11.3. The van der Waals surface area contributed by atoms with Crippen molar-refractivity contribution in [2.24, 2.45) is 7.05 Å². The van der Waals surface area contributed by atoms with Gasteiger partial charge in [-0.05, 0) is 18.6 Å². The molecule has 0 amide bonds. The van der Waals surface area contributed by atoms with Crippen LogP contribution in [0, 0.1) is 6.92 Å². The molecule has 2 heterocycles. The van der Waals surface area contributed by atoms with E-state index in [2.05, 4.69) is 57.5 Å². The molecule has 3 aromatic rings. The van der Waals surface area contributed by atoms with Gasteiger partial charge >= 0.3 is 0 Å². The predicted molar refractivity (Wildman–Crippen MR) is 72.5 cm³/mol. The van der Waals surface area contributed by atoms with Gasteiger partial charge in [0.25, 0.3) is 0 Å². The second kappa shape index (κ2) is 4.85. The van der Waals surface area contributed by atoms with Crippen molar-refractivity contribution in [1.29, 1.82) is 0 Å². The summed E-state index contributed by atoms with van der Waals surface area (Å²) in [4.78, 5) is 4.16. The van der Waals surface area contributed by atoms with E-state index >= 15 is 0 Å². The molecule has 0 bridgehead atoms. The predicted octanol–water partition coefficient (Wildman–Crippen LogP) is 2.16. The Morgan fingerprint density at radius 3 is 2.89 bits per heavy atom. The number of fused-ring (bicyclic) bond motifs is 1. The number of nitrogens with zero attached hydrogens (tertiary/aromatic N) is 3. The molecule has 0 aliphatic carbocycles. The molecular weight excluding hydrogens is 240 g/mol. The van der Waals surface area contributed by atoms with Crippen LogP contribution in [0.15, 0.2) is 35.0 Å². The number of aryl methyl sites for hydroxylation is 2. The van der Waals surface area contributed by atoms with Crippen LogP contribution in [0.25, 0.3) is 10.9 Å². The first-order valence-electron chi connectivity index (χ1n) is 6.27. The van der Waals surface area contributed by atoms with Crippen molar-refractivity contribution < 1.29 is 4.52 Å². The zero-order chi connectivity index (χ0) is 13.2. The summed E-state index contributed by atoms with van der Waals surface area (Å²) in [7, 11) is 2.06. The first-order valence-corrected chi connectivity index (χ1v) is 6.27. The standard InChI is InChI=1S/C14H16N4O/c1-10-16-14(19-17-10)8-15-7-11-9-18(2)13-6-4-3-5-12(11)13/h3-6,9,15H,7-8H2,1-2H3. The lowest BCUT2D eigenvalue weighted by Gasteiger charge is -2.00. The number of rotatable bonds is 4. The number of hydrogen-bond acceptors (Lipinski definition) is 4. The fourth-order valence-corrected chi connectivity index (χ4v) is 2.28. The van der Waals surface area contributed by atoms with Crippen molar-refractivity contribution in [1.82, 2.24) is 20.0 Å². The van der Waals surface area contributed by atoms with Crippen LogP contribution in [0.1, 0.15) is 17.3 Å². The third-order valence-electron chi connectivity index (χ3n) is 3.14. The largest absolute Gasteiger partial charge is 0.350 e. The molecule has 0 aliphatic heterocycles. The van der Waals surface area contributed by atoms with E-state index in [0.717, 1.165) is 6.54 Å². The van der Waals surface area contributed by atoms with Gasteiger partial charge in [-0.2, -0.15) is 4.98 Å². The lowest BCUT2D eigenvalue weighted by atomic mass is 10.2. The summed E-state index contributed by atoms with van der Waals surface area (Å²) < 4.78 is 7.21. The van der Waals surface area contributed by atoms with Crippen LogP contribution < -0.4 is 5.32 Å². The summed E-state index contributed by atoms with van der Waals surface area (Å²) in [6.07, 6.45) is 2.15. The Kier molecular flexibility index (Phi) is 3.05. The summed E-state index contributed by atoms with van der Waals surface area (Å²) in [5.74, 6) is 1.29. The van der Waals surface area contributed by atoms with E-state index in [9.17, 15) is 0 Å². The highest BCUT2D eigenvalue weighted by molar-refractivity contribution is 5.83. The second-order valence-corrected chi connectivity index (χ2v) is 4.62. The highest BCUT2D eigenvalue weighted by Gasteiger charge is 2.06. The Morgan fingerprint density at radius 2 is 2.11 bits per heavy atom. The Balaban J connectivity index is 1.72. The molecule has 1 N–H and O–H groups in total. The maximum Gasteiger partial charge on any atom is 0.240 e. The summed E-state index contributed by atoms with van der Waals surface area (Å²) in [5, 5.41) is 8.37. The van der Waals surface area contributed by atoms with Crippen LogP contribution in [-0.2, 0) is 20.1 Å². The quantitative estimate of drug-likeness (QED) is 0.777. The molecular formula is C14H16N4O. The van der Waals surface area contributed by atoms with Crippen LogP contribution >= 0.6 is 0 Å². The van der Waals surface area contributed by atoms with Crippen molar-refractivity contribution >= 4 is 10.9 Å². The molecule has 2 aromatic heterocycles. The summed E-state index contributed by atoms with van der Waals surface area (Å²) in [5.41, 5.74) is 2.52. The third kappa shape index (κ3) is 2.37. The zero-order valence-electron chi connectivity index (χ0n) is 11.1. The van der Waals surface area contributed by atoms with E-state index in [4.69, 9.17) is 4.52 Å². The average molecular weight is 256 g/mol. The lowest BCUT2D eigenvalue weighted by Crippen LogP contribution is -2.12. The SMILES string of the molecule is Cc1noc(CNCc2cn(C)c3ccccc23)n1. The van der Waals surface area contributed by atoms with Gasteiger partial charge in [0.1, 0.15) is 0 Å². The monoisotopic (exact) mass is 256 g/mol. The van der Waals surface area contributed by atoms with Crippen molar-refractivity contribution in [3.63, 3.8) is 0 Å². The molecule has 0 unspecified atom stereocenters. The maximum absolute atomic E-state index is 5.07. The number of para-hydroxylation sites is 1. The van der Waals surface area contributed by atoms with Gasteiger partial charge in [0.15, 0.2) is 5.82 Å². The number of benzene rings is 1. The topological polar surface area (TPSA) is 55.9 Å². The minimum absolute atomic E-state index is 0.587. The molecule has 5 heteroatoms. The first kappa shape index (κ1) is 11.9. The highest BCUT2D eigenvalue weighted by atomic mass is 16.5. The fraction of sp³-hybridized carbons (Fsp3) is 0.286. The molecule has 0 aliphatic rings. The first-order chi connectivity index (χ1) is 9.24. The molecule has 5 nitrogen and oxygen atoms in total. The van der Waals surface area contributed by atoms with Crippen LogP contribution in [0.3, 0.4) is 0 Å². The molecule has 0 radical (unpaired) electrons. The van der Waals surface area contributed by atoms with Crippen molar-refractivity contribution in [2.45, 2.75) is 20.0 Å². The van der Waals surface area contributed by atoms with Crippen molar-refractivity contribution in [2.75, 3.05) is 0 Å². The van der Waals surface area contributed by atoms with Crippen LogP contribution in [-0.4, -0.2) is 14.7 Å². The van der Waals surface area contributed by atoms with E-state index in [0.29, 0.717) is 18.3 Å². The average Bonchev–Trinajstić information content (AvgIpc) is 2.96. The van der Waals surface area contributed by atoms with Gasteiger partial charge < -0.3 is 14.4 Å². The molecule has 0 spiro atoms. The molecule has 0 fully saturated rings. The highest BCUT2D eigenvalue weighted by Crippen LogP contribution is 2.19. The van der Waals surface area contributed by atoms with E-state index in [-0.39, 0.29) is 0 Å². The molecule has 3 rings (SSSR count). The number of aromatic nitrogens is 3. The van der Waals surface area contributed by atoms with E-state index in [1.165, 1.54) is 16.5 Å². The van der Waals surface area contributed by atoms with Gasteiger partial charge in [0, 0.05) is 30.7 Å². The van der Waals surface area contributed by atoms with Crippen molar-refractivity contribution in [3.8, 4) is 0 Å². The Labute approximate surface area is 111 Å². The molecule has 19 heavy (non-hydrogen) atoms. The third-order valence-corrected chi connectivity index (χ3v) is 3.14. The molecule has 1 aromatic carbocycles. The van der Waals surface area contributed by atoms with E-state index in [1.54, 1.807) is 0 Å². The zero-order valence-corrected chi connectivity index (χ0v) is 11.1. The summed E-state index contributed by atoms with van der Waals surface area (Å²) in [6, 6.07) is 8.39. The smallest absolute Gasteiger partial charge is 0.240 e.